The fraction of sp³-hybridized carbons (Fsp3) is 0.292. The number of nitrogens with one attached hydrogen (secondary N) is 1. The second-order valence-corrected chi connectivity index (χ2v) is 8.90. The number of thiazole rings is 1. The Bertz CT molecular complexity index is 1330. The molecule has 1 N–H and O–H groups in total. The quantitative estimate of drug-likeness (QED) is 0.435. The van der Waals surface area contributed by atoms with Crippen molar-refractivity contribution >= 4 is 27.5 Å². The number of carbonyl (C=O) groups is 1. The Morgan fingerprint density at radius 1 is 1.15 bits per heavy atom. The van der Waals surface area contributed by atoms with Gasteiger partial charge in [-0.3, -0.25) is 9.89 Å². The van der Waals surface area contributed by atoms with E-state index in [-0.39, 0.29) is 17.8 Å². The lowest BCUT2D eigenvalue weighted by atomic mass is 10.1. The van der Waals surface area contributed by atoms with Crippen LogP contribution in [0.3, 0.4) is 0 Å². The zero-order valence-electron chi connectivity index (χ0n) is 18.7. The van der Waals surface area contributed by atoms with Gasteiger partial charge in [0, 0.05) is 31.5 Å². The van der Waals surface area contributed by atoms with E-state index >= 15 is 0 Å². The largest absolute Gasteiger partial charge is 0.497 e. The van der Waals surface area contributed by atoms with Crippen LogP contribution in [-0.4, -0.2) is 59.4 Å². The summed E-state index contributed by atoms with van der Waals surface area (Å²) in [5, 5.41) is 7.62. The summed E-state index contributed by atoms with van der Waals surface area (Å²) in [7, 11) is 3.18. The van der Waals surface area contributed by atoms with Gasteiger partial charge >= 0.3 is 0 Å². The van der Waals surface area contributed by atoms with Crippen LogP contribution in [0.2, 0.25) is 0 Å². The first-order valence-corrected chi connectivity index (χ1v) is 11.7. The molecule has 0 aliphatic carbocycles. The SMILES string of the molecule is COc1ccc(OC)c(-c2cc(C(=O)N3CCC(Oc4nc5c(F)cccc5s4)CC3)[nH]n2)c1. The lowest BCUT2D eigenvalue weighted by molar-refractivity contribution is 0.0590. The molecule has 176 valence electrons. The summed E-state index contributed by atoms with van der Waals surface area (Å²) in [5.74, 6) is 0.833. The van der Waals surface area contributed by atoms with Crippen LogP contribution in [0.15, 0.2) is 42.5 Å². The maximum atomic E-state index is 13.9. The van der Waals surface area contributed by atoms with Gasteiger partial charge in [0.05, 0.1) is 24.6 Å². The van der Waals surface area contributed by atoms with Gasteiger partial charge in [-0.2, -0.15) is 10.1 Å². The van der Waals surface area contributed by atoms with Crippen molar-refractivity contribution in [3.63, 3.8) is 0 Å². The number of benzene rings is 2. The molecule has 4 aromatic rings. The minimum Gasteiger partial charge on any atom is -0.497 e. The average Bonchev–Trinajstić information content (AvgIpc) is 3.52. The predicted octanol–water partition coefficient (Wildman–Crippen LogP) is 4.53. The molecule has 1 amide bonds. The van der Waals surface area contributed by atoms with Crippen LogP contribution in [0.1, 0.15) is 23.3 Å². The highest BCUT2D eigenvalue weighted by atomic mass is 32.1. The van der Waals surface area contributed by atoms with Gasteiger partial charge in [-0.25, -0.2) is 4.39 Å². The number of nitrogens with zero attached hydrogens (tertiary/aromatic N) is 3. The van der Waals surface area contributed by atoms with Crippen LogP contribution < -0.4 is 14.2 Å². The number of rotatable bonds is 6. The number of hydrogen-bond acceptors (Lipinski definition) is 7. The van der Waals surface area contributed by atoms with E-state index in [1.165, 1.54) is 17.4 Å². The van der Waals surface area contributed by atoms with E-state index in [0.717, 1.165) is 10.3 Å². The zero-order valence-corrected chi connectivity index (χ0v) is 19.5. The van der Waals surface area contributed by atoms with Gasteiger partial charge in [-0.05, 0) is 36.4 Å². The van der Waals surface area contributed by atoms with Gasteiger partial charge in [0.2, 0.25) is 0 Å². The summed E-state index contributed by atoms with van der Waals surface area (Å²) in [6.07, 6.45) is 1.25. The maximum Gasteiger partial charge on any atom is 0.274 e. The number of aromatic nitrogens is 3. The second kappa shape index (κ2) is 9.30. The van der Waals surface area contributed by atoms with Gasteiger partial charge in [0.25, 0.3) is 11.1 Å². The molecule has 0 spiro atoms. The van der Waals surface area contributed by atoms with Crippen LogP contribution in [0.5, 0.6) is 16.7 Å². The number of H-pyrrole nitrogens is 1. The molecule has 0 radical (unpaired) electrons. The van der Waals surface area contributed by atoms with Gasteiger partial charge in [-0.1, -0.05) is 17.4 Å². The molecule has 1 aliphatic heterocycles. The summed E-state index contributed by atoms with van der Waals surface area (Å²) >= 11 is 1.33. The van der Waals surface area contributed by atoms with Crippen molar-refractivity contribution in [2.75, 3.05) is 27.3 Å². The molecular weight excluding hydrogens is 459 g/mol. The standard InChI is InChI=1S/C24H23FN4O4S/c1-31-15-6-7-20(32-2)16(12-15)18-13-19(28-27-18)23(30)29-10-8-14(9-11-29)33-24-26-22-17(25)4-3-5-21(22)34-24/h3-7,12-14H,8-11H2,1-2H3,(H,27,28). The van der Waals surface area contributed by atoms with Crippen LogP contribution in [0, 0.1) is 5.82 Å². The molecule has 2 aromatic carbocycles. The van der Waals surface area contributed by atoms with Crippen molar-refractivity contribution in [2.45, 2.75) is 18.9 Å². The van der Waals surface area contributed by atoms with Crippen molar-refractivity contribution < 1.29 is 23.4 Å². The highest BCUT2D eigenvalue weighted by molar-refractivity contribution is 7.20. The first kappa shape index (κ1) is 22.1. The Morgan fingerprint density at radius 2 is 1.97 bits per heavy atom. The minimum atomic E-state index is -0.352. The molecule has 0 saturated carbocycles. The maximum absolute atomic E-state index is 13.9. The van der Waals surface area contributed by atoms with Crippen molar-refractivity contribution in [3.8, 4) is 28.0 Å². The van der Waals surface area contributed by atoms with Crippen molar-refractivity contribution in [2.24, 2.45) is 0 Å². The van der Waals surface area contributed by atoms with E-state index in [1.807, 2.05) is 12.1 Å². The first-order valence-electron chi connectivity index (χ1n) is 10.8. The summed E-state index contributed by atoms with van der Waals surface area (Å²) in [4.78, 5) is 19.1. The third-order valence-electron chi connectivity index (χ3n) is 5.84. The highest BCUT2D eigenvalue weighted by Crippen LogP contribution is 2.33. The molecule has 34 heavy (non-hydrogen) atoms. The number of fused-ring (bicyclic) bond motifs is 1. The molecule has 0 bridgehead atoms. The average molecular weight is 483 g/mol. The van der Waals surface area contributed by atoms with Crippen molar-refractivity contribution in [3.05, 3.63) is 54.0 Å². The normalized spacial score (nSPS) is 14.4. The molecule has 0 atom stereocenters. The topological polar surface area (TPSA) is 89.6 Å². The fourth-order valence-corrected chi connectivity index (χ4v) is 4.91. The Morgan fingerprint density at radius 3 is 2.71 bits per heavy atom. The number of hydrogen-bond donors (Lipinski definition) is 1. The van der Waals surface area contributed by atoms with Crippen molar-refractivity contribution in [1.29, 1.82) is 0 Å². The van der Waals surface area contributed by atoms with Crippen LogP contribution in [-0.2, 0) is 0 Å². The monoisotopic (exact) mass is 482 g/mol. The summed E-state index contributed by atoms with van der Waals surface area (Å²) < 4.78 is 31.4. The van der Waals surface area contributed by atoms with Gasteiger partial charge in [0.15, 0.2) is 0 Å². The van der Waals surface area contributed by atoms with Crippen LogP contribution in [0.25, 0.3) is 21.5 Å². The minimum absolute atomic E-state index is 0.0777. The summed E-state index contributed by atoms with van der Waals surface area (Å²) in [6, 6.07) is 12.0. The van der Waals surface area contributed by atoms with Gasteiger partial charge in [-0.15, -0.1) is 0 Å². The Labute approximate surface area is 199 Å². The van der Waals surface area contributed by atoms with Gasteiger partial charge in [0.1, 0.15) is 34.6 Å². The molecule has 3 heterocycles. The molecule has 1 fully saturated rings. The van der Waals surface area contributed by atoms with Crippen molar-refractivity contribution in [1.82, 2.24) is 20.1 Å². The second-order valence-electron chi connectivity index (χ2n) is 7.91. The number of methoxy groups -OCH3 is 2. The van der Waals surface area contributed by atoms with E-state index in [4.69, 9.17) is 14.2 Å². The lowest BCUT2D eigenvalue weighted by Gasteiger charge is -2.31. The molecule has 5 rings (SSSR count). The van der Waals surface area contributed by atoms with E-state index in [1.54, 1.807) is 43.4 Å². The number of likely N-dealkylation sites (tertiary alicyclic amines) is 1. The number of amides is 1. The van der Waals surface area contributed by atoms with E-state index in [2.05, 4.69) is 15.2 Å². The first-order chi connectivity index (χ1) is 16.6. The van der Waals surface area contributed by atoms with Gasteiger partial charge < -0.3 is 19.1 Å². The Kier molecular flexibility index (Phi) is 6.06. The number of halogens is 1. The third-order valence-corrected chi connectivity index (χ3v) is 6.75. The highest BCUT2D eigenvalue weighted by Gasteiger charge is 2.27. The molecule has 1 aliphatic rings. The van der Waals surface area contributed by atoms with E-state index in [9.17, 15) is 9.18 Å². The lowest BCUT2D eigenvalue weighted by Crippen LogP contribution is -2.41. The van der Waals surface area contributed by atoms with Crippen LogP contribution in [0.4, 0.5) is 4.39 Å². The van der Waals surface area contributed by atoms with E-state index in [0.29, 0.717) is 59.5 Å². The Balaban J connectivity index is 1.23. The zero-order chi connectivity index (χ0) is 23.7. The third kappa shape index (κ3) is 4.28. The summed E-state index contributed by atoms with van der Waals surface area (Å²) in [6.45, 7) is 1.08. The Hall–Kier alpha value is -3.66. The summed E-state index contributed by atoms with van der Waals surface area (Å²) in [5.41, 5.74) is 2.07. The molecule has 2 aromatic heterocycles. The molecule has 10 heteroatoms. The number of aromatic amines is 1. The number of carbonyl (C=O) groups excluding carboxylic acids is 1. The number of piperidine rings is 1. The number of para-hydroxylation sites is 1. The predicted molar refractivity (Wildman–Crippen MR) is 126 cm³/mol. The smallest absolute Gasteiger partial charge is 0.274 e. The fourth-order valence-electron chi connectivity index (χ4n) is 4.02. The molecular formula is C24H23FN4O4S. The molecule has 8 nitrogen and oxygen atoms in total. The molecule has 0 unspecified atom stereocenters. The number of ether oxygens (including phenoxy) is 3. The van der Waals surface area contributed by atoms with Crippen LogP contribution >= 0.6 is 11.3 Å². The molecule has 1 saturated heterocycles. The van der Waals surface area contributed by atoms with E-state index < -0.39 is 0 Å².